The zero-order valence-electron chi connectivity index (χ0n) is 13.5. The number of nitrogen functional groups attached to an aromatic ring is 1. The molecule has 0 saturated carbocycles. The molecule has 23 heavy (non-hydrogen) atoms. The van der Waals surface area contributed by atoms with Crippen molar-refractivity contribution < 1.29 is 9.47 Å². The smallest absolute Gasteiger partial charge is 0.157 e. The summed E-state index contributed by atoms with van der Waals surface area (Å²) in [5, 5.41) is 0.263. The van der Waals surface area contributed by atoms with E-state index in [0.29, 0.717) is 18.1 Å². The first-order chi connectivity index (χ1) is 11.1. The Hall–Kier alpha value is -2.21. The molecular formula is C16H21ClN4O2. The summed E-state index contributed by atoms with van der Waals surface area (Å²) >= 11 is 6.01. The average Bonchev–Trinajstić information content (AvgIpc) is 2.56. The van der Waals surface area contributed by atoms with Gasteiger partial charge in [0.15, 0.2) is 11.0 Å². The Kier molecular flexibility index (Phi) is 5.87. The van der Waals surface area contributed by atoms with Gasteiger partial charge < -0.3 is 20.1 Å². The van der Waals surface area contributed by atoms with Gasteiger partial charge in [0.1, 0.15) is 23.5 Å². The average molecular weight is 337 g/mol. The molecule has 7 heteroatoms. The maximum Gasteiger partial charge on any atom is 0.157 e. The van der Waals surface area contributed by atoms with Gasteiger partial charge in [0, 0.05) is 19.2 Å². The number of halogens is 1. The lowest BCUT2D eigenvalue weighted by Gasteiger charge is -2.25. The van der Waals surface area contributed by atoms with Crippen LogP contribution in [0, 0.1) is 0 Å². The van der Waals surface area contributed by atoms with Crippen LogP contribution in [0.25, 0.3) is 0 Å². The summed E-state index contributed by atoms with van der Waals surface area (Å²) in [5.74, 6) is 2.11. The van der Waals surface area contributed by atoms with E-state index in [1.165, 1.54) is 6.33 Å². The Balaban J connectivity index is 2.34. The minimum Gasteiger partial charge on any atom is -0.497 e. The van der Waals surface area contributed by atoms with Crippen molar-refractivity contribution in [1.29, 1.82) is 0 Å². The fraction of sp³-hybridized carbons (Fsp3) is 0.375. The molecular weight excluding hydrogens is 316 g/mol. The molecule has 0 fully saturated rings. The molecule has 1 heterocycles. The molecule has 6 nitrogen and oxygen atoms in total. The van der Waals surface area contributed by atoms with Gasteiger partial charge in [0.2, 0.25) is 0 Å². The van der Waals surface area contributed by atoms with E-state index >= 15 is 0 Å². The number of hydrogen-bond acceptors (Lipinski definition) is 6. The molecule has 2 aromatic rings. The van der Waals surface area contributed by atoms with Crippen molar-refractivity contribution >= 4 is 23.1 Å². The normalized spacial score (nSPS) is 10.4. The number of benzene rings is 1. The third kappa shape index (κ3) is 4.16. The van der Waals surface area contributed by atoms with Gasteiger partial charge in [-0.25, -0.2) is 9.97 Å². The zero-order chi connectivity index (χ0) is 16.8. The van der Waals surface area contributed by atoms with Crippen LogP contribution >= 0.6 is 11.6 Å². The number of aromatic nitrogens is 2. The SMILES string of the molecule is CCCN(Cc1cc(OC)cc(OC)c1)c1ncnc(Cl)c1N. The van der Waals surface area contributed by atoms with Crippen molar-refractivity contribution in [3.05, 3.63) is 35.2 Å². The number of rotatable bonds is 7. The summed E-state index contributed by atoms with van der Waals surface area (Å²) in [6, 6.07) is 5.76. The molecule has 0 aliphatic heterocycles. The van der Waals surface area contributed by atoms with Crippen molar-refractivity contribution in [2.75, 3.05) is 31.4 Å². The summed E-state index contributed by atoms with van der Waals surface area (Å²) in [6.45, 7) is 3.49. The predicted octanol–water partition coefficient (Wildman–Crippen LogP) is 3.15. The maximum absolute atomic E-state index is 6.03. The number of methoxy groups -OCH3 is 2. The van der Waals surface area contributed by atoms with Gasteiger partial charge in [-0.3, -0.25) is 0 Å². The fourth-order valence-electron chi connectivity index (χ4n) is 2.33. The Morgan fingerprint density at radius 2 is 1.78 bits per heavy atom. The zero-order valence-corrected chi connectivity index (χ0v) is 14.3. The lowest BCUT2D eigenvalue weighted by molar-refractivity contribution is 0.393. The molecule has 1 aromatic heterocycles. The summed E-state index contributed by atoms with van der Waals surface area (Å²) in [4.78, 5) is 10.3. The van der Waals surface area contributed by atoms with E-state index in [4.69, 9.17) is 26.8 Å². The van der Waals surface area contributed by atoms with Crippen LogP contribution in [0.15, 0.2) is 24.5 Å². The van der Waals surface area contributed by atoms with Crippen LogP contribution in [0.4, 0.5) is 11.5 Å². The number of ether oxygens (including phenoxy) is 2. The highest BCUT2D eigenvalue weighted by Crippen LogP contribution is 2.29. The van der Waals surface area contributed by atoms with Crippen molar-refractivity contribution in [1.82, 2.24) is 9.97 Å². The molecule has 0 saturated heterocycles. The Bertz CT molecular complexity index is 644. The van der Waals surface area contributed by atoms with Gasteiger partial charge in [-0.15, -0.1) is 0 Å². The van der Waals surface area contributed by atoms with Gasteiger partial charge in [-0.2, -0.15) is 0 Å². The van der Waals surface area contributed by atoms with Crippen LogP contribution < -0.4 is 20.1 Å². The molecule has 2 N–H and O–H groups in total. The van der Waals surface area contributed by atoms with E-state index in [-0.39, 0.29) is 5.15 Å². The topological polar surface area (TPSA) is 73.5 Å². The van der Waals surface area contributed by atoms with Crippen LogP contribution in [-0.2, 0) is 6.54 Å². The van der Waals surface area contributed by atoms with Crippen molar-refractivity contribution in [3.8, 4) is 11.5 Å². The third-order valence-corrected chi connectivity index (χ3v) is 3.69. The van der Waals surface area contributed by atoms with E-state index in [0.717, 1.165) is 30.0 Å². The molecule has 0 aliphatic carbocycles. The van der Waals surface area contributed by atoms with E-state index in [2.05, 4.69) is 21.8 Å². The molecule has 1 aromatic carbocycles. The van der Waals surface area contributed by atoms with Crippen molar-refractivity contribution in [3.63, 3.8) is 0 Å². The second-order valence-corrected chi connectivity index (χ2v) is 5.40. The molecule has 0 aliphatic rings. The predicted molar refractivity (Wildman–Crippen MR) is 92.3 cm³/mol. The van der Waals surface area contributed by atoms with E-state index in [1.807, 2.05) is 18.2 Å². The summed E-state index contributed by atoms with van der Waals surface area (Å²) in [6.07, 6.45) is 2.37. The summed E-state index contributed by atoms with van der Waals surface area (Å²) in [7, 11) is 3.26. The minimum atomic E-state index is 0.263. The first-order valence-corrected chi connectivity index (χ1v) is 7.69. The highest BCUT2D eigenvalue weighted by Gasteiger charge is 2.15. The molecule has 0 spiro atoms. The van der Waals surface area contributed by atoms with Gasteiger partial charge in [0.25, 0.3) is 0 Å². The van der Waals surface area contributed by atoms with Crippen molar-refractivity contribution in [2.24, 2.45) is 0 Å². The van der Waals surface area contributed by atoms with E-state index in [9.17, 15) is 0 Å². The van der Waals surface area contributed by atoms with Crippen LogP contribution in [0.3, 0.4) is 0 Å². The van der Waals surface area contributed by atoms with Crippen LogP contribution in [0.5, 0.6) is 11.5 Å². The molecule has 0 radical (unpaired) electrons. The number of hydrogen-bond donors (Lipinski definition) is 1. The van der Waals surface area contributed by atoms with Gasteiger partial charge in [0.05, 0.1) is 14.2 Å². The molecule has 0 bridgehead atoms. The number of anilines is 2. The van der Waals surface area contributed by atoms with Gasteiger partial charge >= 0.3 is 0 Å². The number of nitrogens with two attached hydrogens (primary N) is 1. The highest BCUT2D eigenvalue weighted by atomic mass is 35.5. The maximum atomic E-state index is 6.03. The van der Waals surface area contributed by atoms with Crippen LogP contribution in [-0.4, -0.2) is 30.7 Å². The van der Waals surface area contributed by atoms with E-state index < -0.39 is 0 Å². The fourth-order valence-corrected chi connectivity index (χ4v) is 2.45. The second kappa shape index (κ2) is 7.87. The lowest BCUT2D eigenvalue weighted by Crippen LogP contribution is -2.25. The first-order valence-electron chi connectivity index (χ1n) is 7.31. The highest BCUT2D eigenvalue weighted by molar-refractivity contribution is 6.32. The quantitative estimate of drug-likeness (QED) is 0.783. The molecule has 0 amide bonds. The largest absolute Gasteiger partial charge is 0.497 e. The molecule has 0 atom stereocenters. The first kappa shape index (κ1) is 17.1. The summed E-state index contributed by atoms with van der Waals surface area (Å²) in [5.41, 5.74) is 7.45. The standard InChI is InChI=1S/C16H21ClN4O2/c1-4-5-21(16-14(18)15(17)19-10-20-16)9-11-6-12(22-2)8-13(7-11)23-3/h6-8,10H,4-5,9,18H2,1-3H3. The second-order valence-electron chi connectivity index (χ2n) is 5.04. The Morgan fingerprint density at radius 3 is 2.35 bits per heavy atom. The minimum absolute atomic E-state index is 0.263. The molecule has 124 valence electrons. The Labute approximate surface area is 141 Å². The summed E-state index contributed by atoms with van der Waals surface area (Å²) < 4.78 is 10.6. The van der Waals surface area contributed by atoms with Crippen LogP contribution in [0.1, 0.15) is 18.9 Å². The van der Waals surface area contributed by atoms with Gasteiger partial charge in [-0.05, 0) is 24.1 Å². The Morgan fingerprint density at radius 1 is 1.13 bits per heavy atom. The third-order valence-electron chi connectivity index (χ3n) is 3.39. The van der Waals surface area contributed by atoms with Crippen molar-refractivity contribution in [2.45, 2.75) is 19.9 Å². The molecule has 2 rings (SSSR count). The number of nitrogens with zero attached hydrogens (tertiary/aromatic N) is 3. The van der Waals surface area contributed by atoms with Gasteiger partial charge in [-0.1, -0.05) is 18.5 Å². The monoisotopic (exact) mass is 336 g/mol. The van der Waals surface area contributed by atoms with E-state index in [1.54, 1.807) is 14.2 Å². The molecule has 0 unspecified atom stereocenters. The van der Waals surface area contributed by atoms with Crippen LogP contribution in [0.2, 0.25) is 5.15 Å². The lowest BCUT2D eigenvalue weighted by atomic mass is 10.1.